The van der Waals surface area contributed by atoms with Crippen LogP contribution in [0.25, 0.3) is 0 Å². The fourth-order valence-electron chi connectivity index (χ4n) is 1.46. The van der Waals surface area contributed by atoms with Crippen molar-refractivity contribution in [3.05, 3.63) is 33.8 Å². The molecule has 0 aliphatic carbocycles. The molecule has 0 aliphatic heterocycles. The summed E-state index contributed by atoms with van der Waals surface area (Å²) in [7, 11) is 1.24. The van der Waals surface area contributed by atoms with Crippen molar-refractivity contribution < 1.29 is 19.7 Å². The van der Waals surface area contributed by atoms with Crippen molar-refractivity contribution in [1.82, 2.24) is 0 Å². The minimum Gasteiger partial charge on any atom is -0.469 e. The van der Waals surface area contributed by atoms with Crippen molar-refractivity contribution in [3.63, 3.8) is 0 Å². The van der Waals surface area contributed by atoms with Gasteiger partial charge in [0.2, 0.25) is 0 Å². The molecule has 2 atom stereocenters. The van der Waals surface area contributed by atoms with E-state index in [0.717, 1.165) is 5.56 Å². The molecule has 0 radical (unpaired) electrons. The minimum absolute atomic E-state index is 0.238. The monoisotopic (exact) mass is 302 g/mol. The Kier molecular flexibility index (Phi) is 5.11. The lowest BCUT2D eigenvalue weighted by Crippen LogP contribution is -2.23. The second kappa shape index (κ2) is 6.14. The average Bonchev–Trinajstić information content (AvgIpc) is 2.31. The number of rotatable bonds is 4. The maximum absolute atomic E-state index is 11.0. The van der Waals surface area contributed by atoms with Gasteiger partial charge in [0.1, 0.15) is 6.10 Å². The molecule has 1 aromatic rings. The van der Waals surface area contributed by atoms with Crippen molar-refractivity contribution in [2.24, 2.45) is 0 Å². The number of hydrogen-bond donors (Lipinski definition) is 2. The van der Waals surface area contributed by atoms with Crippen LogP contribution in [0.4, 0.5) is 0 Å². The SMILES string of the molecule is COC(=O)CC(O)C(O)c1cc(C)ccc1Br. The van der Waals surface area contributed by atoms with Crippen LogP contribution in [-0.4, -0.2) is 29.4 Å². The predicted molar refractivity (Wildman–Crippen MR) is 66.5 cm³/mol. The van der Waals surface area contributed by atoms with Crippen LogP contribution in [0.5, 0.6) is 0 Å². The number of aliphatic hydroxyl groups is 2. The van der Waals surface area contributed by atoms with E-state index >= 15 is 0 Å². The number of aryl methyl sites for hydroxylation is 1. The third-order valence-corrected chi connectivity index (χ3v) is 3.16. The highest BCUT2D eigenvalue weighted by Crippen LogP contribution is 2.27. The van der Waals surface area contributed by atoms with Gasteiger partial charge in [-0.1, -0.05) is 33.6 Å². The summed E-state index contributed by atoms with van der Waals surface area (Å²) in [6.45, 7) is 1.88. The molecule has 0 aromatic heterocycles. The third-order valence-electron chi connectivity index (χ3n) is 2.44. The lowest BCUT2D eigenvalue weighted by molar-refractivity contribution is -0.144. The second-order valence-corrected chi connectivity index (χ2v) is 4.67. The topological polar surface area (TPSA) is 66.8 Å². The van der Waals surface area contributed by atoms with Crippen LogP contribution in [-0.2, 0) is 9.53 Å². The molecule has 1 aromatic carbocycles. The molecule has 1 rings (SSSR count). The Morgan fingerprint density at radius 3 is 2.71 bits per heavy atom. The summed E-state index contributed by atoms with van der Waals surface area (Å²) >= 11 is 3.30. The number of methoxy groups -OCH3 is 1. The van der Waals surface area contributed by atoms with Gasteiger partial charge in [-0.2, -0.15) is 0 Å². The Morgan fingerprint density at radius 2 is 2.12 bits per heavy atom. The Labute approximate surface area is 108 Å². The normalized spacial score (nSPS) is 14.2. The summed E-state index contributed by atoms with van der Waals surface area (Å²) in [5, 5.41) is 19.7. The Morgan fingerprint density at radius 1 is 1.47 bits per heavy atom. The van der Waals surface area contributed by atoms with Crippen molar-refractivity contribution in [2.45, 2.75) is 25.6 Å². The Balaban J connectivity index is 2.84. The number of carbonyl (C=O) groups excluding carboxylic acids is 1. The molecule has 2 N–H and O–H groups in total. The van der Waals surface area contributed by atoms with Gasteiger partial charge in [0.25, 0.3) is 0 Å². The van der Waals surface area contributed by atoms with Gasteiger partial charge in [-0.05, 0) is 18.6 Å². The molecule has 0 amide bonds. The summed E-state index contributed by atoms with van der Waals surface area (Å²) in [6.07, 6.45) is -2.54. The van der Waals surface area contributed by atoms with Gasteiger partial charge >= 0.3 is 5.97 Å². The largest absolute Gasteiger partial charge is 0.469 e. The van der Waals surface area contributed by atoms with Crippen LogP contribution < -0.4 is 0 Å². The van der Waals surface area contributed by atoms with Gasteiger partial charge in [-0.15, -0.1) is 0 Å². The summed E-state index contributed by atoms with van der Waals surface area (Å²) in [6, 6.07) is 5.43. The van der Waals surface area contributed by atoms with Crippen molar-refractivity contribution in [1.29, 1.82) is 0 Å². The molecule has 0 heterocycles. The van der Waals surface area contributed by atoms with E-state index in [1.165, 1.54) is 7.11 Å². The zero-order chi connectivity index (χ0) is 13.0. The van der Waals surface area contributed by atoms with E-state index in [9.17, 15) is 15.0 Å². The zero-order valence-electron chi connectivity index (χ0n) is 9.68. The third kappa shape index (κ3) is 3.80. The first-order valence-corrected chi connectivity index (χ1v) is 5.94. The molecule has 5 heteroatoms. The fourth-order valence-corrected chi connectivity index (χ4v) is 1.94. The van der Waals surface area contributed by atoms with Crippen molar-refractivity contribution in [3.8, 4) is 0 Å². The predicted octanol–water partition coefficient (Wildman–Crippen LogP) is 1.71. The van der Waals surface area contributed by atoms with Crippen molar-refractivity contribution >= 4 is 21.9 Å². The first-order valence-electron chi connectivity index (χ1n) is 5.14. The molecule has 0 bridgehead atoms. The highest BCUT2D eigenvalue weighted by atomic mass is 79.9. The van der Waals surface area contributed by atoms with Crippen molar-refractivity contribution in [2.75, 3.05) is 7.11 Å². The molecule has 17 heavy (non-hydrogen) atoms. The molecule has 94 valence electrons. The van der Waals surface area contributed by atoms with Gasteiger partial charge in [-0.25, -0.2) is 0 Å². The average molecular weight is 303 g/mol. The van der Waals surface area contributed by atoms with E-state index in [1.807, 2.05) is 13.0 Å². The molecular formula is C12H15BrO4. The molecule has 0 saturated carbocycles. The highest BCUT2D eigenvalue weighted by Gasteiger charge is 2.23. The molecule has 0 spiro atoms. The van der Waals surface area contributed by atoms with E-state index in [-0.39, 0.29) is 6.42 Å². The fraction of sp³-hybridized carbons (Fsp3) is 0.417. The lowest BCUT2D eigenvalue weighted by Gasteiger charge is -2.18. The smallest absolute Gasteiger partial charge is 0.308 e. The quantitative estimate of drug-likeness (QED) is 0.831. The number of halogens is 1. The summed E-state index contributed by atoms with van der Waals surface area (Å²) in [4.78, 5) is 11.0. The number of benzene rings is 1. The molecule has 0 saturated heterocycles. The summed E-state index contributed by atoms with van der Waals surface area (Å²) in [5.74, 6) is -0.555. The summed E-state index contributed by atoms with van der Waals surface area (Å²) in [5.41, 5.74) is 1.52. The highest BCUT2D eigenvalue weighted by molar-refractivity contribution is 9.10. The Bertz CT molecular complexity index is 405. The second-order valence-electron chi connectivity index (χ2n) is 3.82. The van der Waals surface area contributed by atoms with Crippen LogP contribution in [0.1, 0.15) is 23.7 Å². The number of ether oxygens (including phenoxy) is 1. The van der Waals surface area contributed by atoms with E-state index < -0.39 is 18.2 Å². The number of hydrogen-bond acceptors (Lipinski definition) is 4. The van der Waals surface area contributed by atoms with Crippen LogP contribution in [0, 0.1) is 6.92 Å². The van der Waals surface area contributed by atoms with E-state index in [0.29, 0.717) is 10.0 Å². The van der Waals surface area contributed by atoms with Gasteiger partial charge in [0.05, 0.1) is 19.6 Å². The first kappa shape index (κ1) is 14.2. The van der Waals surface area contributed by atoms with Crippen LogP contribution >= 0.6 is 15.9 Å². The van der Waals surface area contributed by atoms with Gasteiger partial charge in [-0.3, -0.25) is 4.79 Å². The molecule has 0 fully saturated rings. The minimum atomic E-state index is -1.18. The maximum atomic E-state index is 11.0. The Hall–Kier alpha value is -0.910. The van der Waals surface area contributed by atoms with E-state index in [4.69, 9.17) is 0 Å². The number of carbonyl (C=O) groups is 1. The van der Waals surface area contributed by atoms with Crippen LogP contribution in [0.3, 0.4) is 0 Å². The number of aliphatic hydroxyl groups excluding tert-OH is 2. The van der Waals surface area contributed by atoms with E-state index in [1.54, 1.807) is 12.1 Å². The summed E-state index contributed by atoms with van der Waals surface area (Å²) < 4.78 is 5.13. The molecule has 0 aliphatic rings. The van der Waals surface area contributed by atoms with Gasteiger partial charge < -0.3 is 14.9 Å². The van der Waals surface area contributed by atoms with Crippen LogP contribution in [0.15, 0.2) is 22.7 Å². The number of esters is 1. The standard InChI is InChI=1S/C12H15BrO4/c1-7-3-4-9(13)8(5-7)12(16)10(14)6-11(15)17-2/h3-5,10,12,14,16H,6H2,1-2H3. The van der Waals surface area contributed by atoms with Crippen LogP contribution in [0.2, 0.25) is 0 Å². The lowest BCUT2D eigenvalue weighted by atomic mass is 10.0. The molecular weight excluding hydrogens is 288 g/mol. The zero-order valence-corrected chi connectivity index (χ0v) is 11.3. The molecule has 2 unspecified atom stereocenters. The first-order chi connectivity index (χ1) is 7.95. The van der Waals surface area contributed by atoms with Gasteiger partial charge in [0.15, 0.2) is 0 Å². The molecule has 4 nitrogen and oxygen atoms in total. The van der Waals surface area contributed by atoms with E-state index in [2.05, 4.69) is 20.7 Å². The maximum Gasteiger partial charge on any atom is 0.308 e. The van der Waals surface area contributed by atoms with Gasteiger partial charge in [0, 0.05) is 4.47 Å².